The lowest BCUT2D eigenvalue weighted by Gasteiger charge is -2.09. The highest BCUT2D eigenvalue weighted by Crippen LogP contribution is 2.16. The third kappa shape index (κ3) is 4.00. The van der Waals surface area contributed by atoms with Gasteiger partial charge in [-0.15, -0.1) is 11.6 Å². The van der Waals surface area contributed by atoms with E-state index in [0.717, 1.165) is 0 Å². The Morgan fingerprint density at radius 1 is 1.50 bits per heavy atom. The van der Waals surface area contributed by atoms with Gasteiger partial charge in [-0.05, 0) is 24.5 Å². The van der Waals surface area contributed by atoms with Crippen molar-refractivity contribution in [3.05, 3.63) is 39.4 Å². The number of amides is 1. The van der Waals surface area contributed by atoms with E-state index in [-0.39, 0.29) is 17.5 Å². The van der Waals surface area contributed by atoms with Crippen LogP contribution in [0.4, 0.5) is 5.69 Å². The van der Waals surface area contributed by atoms with Gasteiger partial charge in [-0.1, -0.05) is 6.92 Å². The van der Waals surface area contributed by atoms with E-state index in [2.05, 4.69) is 5.32 Å². The number of nitrogens with zero attached hydrogens (tertiary/aromatic N) is 1. The van der Waals surface area contributed by atoms with Crippen molar-refractivity contribution in [1.82, 2.24) is 5.32 Å². The minimum Gasteiger partial charge on any atom is -0.352 e. The van der Waals surface area contributed by atoms with Gasteiger partial charge in [0, 0.05) is 30.1 Å². The Labute approximate surface area is 110 Å². The van der Waals surface area contributed by atoms with E-state index < -0.39 is 4.92 Å². The van der Waals surface area contributed by atoms with Crippen molar-refractivity contribution in [3.8, 4) is 0 Å². The van der Waals surface area contributed by atoms with Gasteiger partial charge in [0.2, 0.25) is 0 Å². The summed E-state index contributed by atoms with van der Waals surface area (Å²) in [7, 11) is 0. The van der Waals surface area contributed by atoms with E-state index in [0.29, 0.717) is 23.6 Å². The molecule has 1 amide bonds. The second kappa shape index (κ2) is 6.35. The van der Waals surface area contributed by atoms with Gasteiger partial charge in [0.15, 0.2) is 0 Å². The minimum absolute atomic E-state index is 0.0782. The normalized spacial score (nSPS) is 11.9. The molecule has 1 aromatic rings. The number of rotatable bonds is 5. The summed E-state index contributed by atoms with van der Waals surface area (Å²) in [5.41, 5.74) is 0.897. The first-order chi connectivity index (χ1) is 8.43. The Bertz CT molecular complexity index is 463. The number of carbonyl (C=O) groups excluding carboxylic acids is 1. The number of halogens is 1. The van der Waals surface area contributed by atoms with Crippen molar-refractivity contribution in [2.75, 3.05) is 12.4 Å². The number of nitro benzene ring substituents is 1. The lowest BCUT2D eigenvalue weighted by atomic mass is 10.1. The molecule has 98 valence electrons. The van der Waals surface area contributed by atoms with Crippen molar-refractivity contribution in [1.29, 1.82) is 0 Å². The summed E-state index contributed by atoms with van der Waals surface area (Å²) in [6.07, 6.45) is 0. The van der Waals surface area contributed by atoms with E-state index in [1.807, 2.05) is 6.92 Å². The number of hydrogen-bond acceptors (Lipinski definition) is 3. The predicted molar refractivity (Wildman–Crippen MR) is 70.1 cm³/mol. The molecule has 1 unspecified atom stereocenters. The van der Waals surface area contributed by atoms with Crippen LogP contribution in [0.2, 0.25) is 0 Å². The molecule has 0 aliphatic carbocycles. The second-order valence-electron chi connectivity index (χ2n) is 4.28. The lowest BCUT2D eigenvalue weighted by molar-refractivity contribution is -0.384. The standard InChI is InChI=1S/C12H15ClN2O3/c1-8-3-10(5-11(4-8)15(17)18)12(16)14-7-9(2)6-13/h3-5,9H,6-7H2,1-2H3,(H,14,16). The Hall–Kier alpha value is -1.62. The van der Waals surface area contributed by atoms with Crippen LogP contribution in [0.1, 0.15) is 22.8 Å². The van der Waals surface area contributed by atoms with Crippen molar-refractivity contribution in [3.63, 3.8) is 0 Å². The molecule has 1 aromatic carbocycles. The van der Waals surface area contributed by atoms with Crippen LogP contribution >= 0.6 is 11.6 Å². The number of benzene rings is 1. The number of aryl methyl sites for hydroxylation is 1. The van der Waals surface area contributed by atoms with Crippen molar-refractivity contribution in [2.45, 2.75) is 13.8 Å². The van der Waals surface area contributed by atoms with Gasteiger partial charge >= 0.3 is 0 Å². The minimum atomic E-state index is -0.509. The van der Waals surface area contributed by atoms with E-state index >= 15 is 0 Å². The highest BCUT2D eigenvalue weighted by atomic mass is 35.5. The molecule has 1 N–H and O–H groups in total. The van der Waals surface area contributed by atoms with Gasteiger partial charge in [-0.2, -0.15) is 0 Å². The molecule has 1 atom stereocenters. The smallest absolute Gasteiger partial charge is 0.270 e. The summed E-state index contributed by atoms with van der Waals surface area (Å²) in [6, 6.07) is 4.32. The first-order valence-electron chi connectivity index (χ1n) is 5.54. The molecule has 5 nitrogen and oxygen atoms in total. The largest absolute Gasteiger partial charge is 0.352 e. The Kier molecular flexibility index (Phi) is 5.09. The molecule has 0 aromatic heterocycles. The van der Waals surface area contributed by atoms with E-state index in [1.54, 1.807) is 13.0 Å². The molecular formula is C12H15ClN2O3. The fourth-order valence-electron chi connectivity index (χ4n) is 1.42. The Morgan fingerprint density at radius 3 is 2.72 bits per heavy atom. The molecule has 18 heavy (non-hydrogen) atoms. The van der Waals surface area contributed by atoms with E-state index in [4.69, 9.17) is 11.6 Å². The second-order valence-corrected chi connectivity index (χ2v) is 4.59. The molecule has 0 aliphatic rings. The van der Waals surface area contributed by atoms with Crippen LogP contribution in [-0.4, -0.2) is 23.3 Å². The highest BCUT2D eigenvalue weighted by molar-refractivity contribution is 6.18. The molecule has 0 radical (unpaired) electrons. The van der Waals surface area contributed by atoms with Gasteiger partial charge in [-0.25, -0.2) is 0 Å². The van der Waals surface area contributed by atoms with Crippen LogP contribution in [0.25, 0.3) is 0 Å². The zero-order chi connectivity index (χ0) is 13.7. The average molecular weight is 271 g/mol. The lowest BCUT2D eigenvalue weighted by Crippen LogP contribution is -2.28. The summed E-state index contributed by atoms with van der Waals surface area (Å²) in [5.74, 6) is 0.294. The molecule has 0 saturated heterocycles. The maximum absolute atomic E-state index is 11.8. The molecule has 0 spiro atoms. The van der Waals surface area contributed by atoms with E-state index in [9.17, 15) is 14.9 Å². The van der Waals surface area contributed by atoms with Crippen LogP contribution in [0.3, 0.4) is 0 Å². The summed E-state index contributed by atoms with van der Waals surface area (Å²) < 4.78 is 0. The van der Waals surface area contributed by atoms with Crippen molar-refractivity contribution < 1.29 is 9.72 Å². The van der Waals surface area contributed by atoms with E-state index in [1.165, 1.54) is 12.1 Å². The van der Waals surface area contributed by atoms with Crippen LogP contribution in [0, 0.1) is 23.0 Å². The maximum Gasteiger partial charge on any atom is 0.270 e. The zero-order valence-corrected chi connectivity index (χ0v) is 11.0. The molecule has 1 rings (SSSR count). The van der Waals surface area contributed by atoms with Gasteiger partial charge < -0.3 is 5.32 Å². The van der Waals surface area contributed by atoms with Crippen LogP contribution in [0.15, 0.2) is 18.2 Å². The molecular weight excluding hydrogens is 256 g/mol. The predicted octanol–water partition coefficient (Wildman–Crippen LogP) is 2.51. The number of alkyl halides is 1. The maximum atomic E-state index is 11.8. The monoisotopic (exact) mass is 270 g/mol. The molecule has 0 aliphatic heterocycles. The summed E-state index contributed by atoms with van der Waals surface area (Å²) in [6.45, 7) is 4.07. The zero-order valence-electron chi connectivity index (χ0n) is 10.3. The summed E-state index contributed by atoms with van der Waals surface area (Å²) >= 11 is 5.63. The quantitative estimate of drug-likeness (QED) is 0.508. The fraction of sp³-hybridized carbons (Fsp3) is 0.417. The van der Waals surface area contributed by atoms with Gasteiger partial charge in [-0.3, -0.25) is 14.9 Å². The SMILES string of the molecule is Cc1cc(C(=O)NCC(C)CCl)cc([N+](=O)[O-])c1. The third-order valence-corrected chi connectivity index (χ3v) is 2.94. The Balaban J connectivity index is 2.82. The van der Waals surface area contributed by atoms with Crippen LogP contribution in [-0.2, 0) is 0 Å². The average Bonchev–Trinajstić information content (AvgIpc) is 2.34. The van der Waals surface area contributed by atoms with Gasteiger partial charge in [0.05, 0.1) is 4.92 Å². The molecule has 6 heteroatoms. The molecule has 0 bridgehead atoms. The van der Waals surface area contributed by atoms with Crippen molar-refractivity contribution in [2.24, 2.45) is 5.92 Å². The number of non-ortho nitro benzene ring substituents is 1. The third-order valence-electron chi connectivity index (χ3n) is 2.41. The number of nitro groups is 1. The summed E-state index contributed by atoms with van der Waals surface area (Å²) in [5, 5.41) is 13.4. The number of nitrogens with one attached hydrogen (secondary N) is 1. The molecule has 0 heterocycles. The van der Waals surface area contributed by atoms with Crippen LogP contribution in [0.5, 0.6) is 0 Å². The highest BCUT2D eigenvalue weighted by Gasteiger charge is 2.13. The van der Waals surface area contributed by atoms with Gasteiger partial charge in [0.1, 0.15) is 0 Å². The van der Waals surface area contributed by atoms with Crippen molar-refractivity contribution >= 4 is 23.2 Å². The fourth-order valence-corrected chi connectivity index (χ4v) is 1.53. The topological polar surface area (TPSA) is 72.2 Å². The van der Waals surface area contributed by atoms with Crippen LogP contribution < -0.4 is 5.32 Å². The first-order valence-corrected chi connectivity index (χ1v) is 6.07. The number of hydrogen-bond donors (Lipinski definition) is 1. The van der Waals surface area contributed by atoms with Gasteiger partial charge in [0.25, 0.3) is 11.6 Å². The summed E-state index contributed by atoms with van der Waals surface area (Å²) in [4.78, 5) is 22.0. The number of carbonyl (C=O) groups is 1. The first kappa shape index (κ1) is 14.4. The molecule has 0 saturated carbocycles. The Morgan fingerprint density at radius 2 is 2.17 bits per heavy atom. The molecule has 0 fully saturated rings.